The fraction of sp³-hybridized carbons (Fsp3) is 0.188. The van der Waals surface area contributed by atoms with Crippen molar-refractivity contribution in [2.24, 2.45) is 0 Å². The summed E-state index contributed by atoms with van der Waals surface area (Å²) in [6, 6.07) is 9.10. The van der Waals surface area contributed by atoms with Gasteiger partial charge in [0.15, 0.2) is 0 Å². The van der Waals surface area contributed by atoms with Gasteiger partial charge < -0.3 is 10.6 Å². The monoisotopic (exact) mass is 361 g/mol. The van der Waals surface area contributed by atoms with Gasteiger partial charge in [0.2, 0.25) is 11.8 Å². The van der Waals surface area contributed by atoms with Gasteiger partial charge in [0.05, 0.1) is 0 Å². The number of amides is 2. The quantitative estimate of drug-likeness (QED) is 0.804. The molecule has 2 aromatic rings. The number of anilines is 1. The molecular formula is C16H16BrN3O2. The van der Waals surface area contributed by atoms with Crippen molar-refractivity contribution in [2.75, 3.05) is 5.32 Å². The van der Waals surface area contributed by atoms with Crippen molar-refractivity contribution in [3.63, 3.8) is 0 Å². The van der Waals surface area contributed by atoms with Gasteiger partial charge in [-0.25, -0.2) is 0 Å². The van der Waals surface area contributed by atoms with Gasteiger partial charge in [0.25, 0.3) is 0 Å². The lowest BCUT2D eigenvalue weighted by molar-refractivity contribution is -0.126. The average molecular weight is 362 g/mol. The minimum atomic E-state index is -0.339. The van der Waals surface area contributed by atoms with Crippen LogP contribution in [0.15, 0.2) is 47.2 Å². The Morgan fingerprint density at radius 2 is 1.86 bits per heavy atom. The van der Waals surface area contributed by atoms with Gasteiger partial charge in [0.1, 0.15) is 6.42 Å². The van der Waals surface area contributed by atoms with E-state index in [0.717, 1.165) is 15.6 Å². The van der Waals surface area contributed by atoms with E-state index in [1.54, 1.807) is 18.5 Å². The van der Waals surface area contributed by atoms with Gasteiger partial charge >= 0.3 is 0 Å². The Kier molecular flexibility index (Phi) is 5.66. The summed E-state index contributed by atoms with van der Waals surface area (Å²) in [6.07, 6.45) is 3.11. The first-order chi connectivity index (χ1) is 10.5. The van der Waals surface area contributed by atoms with E-state index >= 15 is 0 Å². The molecule has 2 rings (SSSR count). The Bertz CT molecular complexity index is 674. The minimum Gasteiger partial charge on any atom is -0.352 e. The van der Waals surface area contributed by atoms with Crippen LogP contribution in [-0.2, 0) is 16.1 Å². The molecule has 0 aliphatic carbocycles. The summed E-state index contributed by atoms with van der Waals surface area (Å²) >= 11 is 3.40. The summed E-state index contributed by atoms with van der Waals surface area (Å²) in [5, 5.41) is 5.41. The maximum atomic E-state index is 11.8. The topological polar surface area (TPSA) is 71.1 Å². The molecule has 0 radical (unpaired) electrons. The number of nitrogens with one attached hydrogen (secondary N) is 2. The van der Waals surface area contributed by atoms with Crippen molar-refractivity contribution in [1.82, 2.24) is 10.3 Å². The van der Waals surface area contributed by atoms with Crippen molar-refractivity contribution in [3.8, 4) is 0 Å². The number of carbonyl (C=O) groups is 2. The summed E-state index contributed by atoms with van der Waals surface area (Å²) < 4.78 is 0.973. The summed E-state index contributed by atoms with van der Waals surface area (Å²) in [5.41, 5.74) is 2.62. The lowest BCUT2D eigenvalue weighted by atomic mass is 10.2. The number of aryl methyl sites for hydroxylation is 1. The van der Waals surface area contributed by atoms with Crippen LogP contribution in [0.1, 0.15) is 17.5 Å². The maximum absolute atomic E-state index is 11.8. The number of pyridine rings is 1. The van der Waals surface area contributed by atoms with Crippen LogP contribution in [0.3, 0.4) is 0 Å². The molecule has 1 aromatic carbocycles. The maximum Gasteiger partial charge on any atom is 0.233 e. The molecule has 0 saturated carbocycles. The third-order valence-corrected chi connectivity index (χ3v) is 3.89. The van der Waals surface area contributed by atoms with Crippen molar-refractivity contribution < 1.29 is 9.59 Å². The van der Waals surface area contributed by atoms with Crippen LogP contribution >= 0.6 is 15.9 Å². The second-order valence-electron chi connectivity index (χ2n) is 4.82. The highest BCUT2D eigenvalue weighted by Gasteiger charge is 2.10. The number of nitrogens with zero attached hydrogens (tertiary/aromatic N) is 1. The van der Waals surface area contributed by atoms with Crippen LogP contribution in [0.2, 0.25) is 0 Å². The van der Waals surface area contributed by atoms with Crippen molar-refractivity contribution in [3.05, 3.63) is 58.3 Å². The Hall–Kier alpha value is -2.21. The van der Waals surface area contributed by atoms with Crippen LogP contribution < -0.4 is 10.6 Å². The van der Waals surface area contributed by atoms with Gasteiger partial charge in [0, 0.05) is 29.1 Å². The Balaban J connectivity index is 1.81. The van der Waals surface area contributed by atoms with Crippen LogP contribution in [0.5, 0.6) is 0 Å². The first-order valence-corrected chi connectivity index (χ1v) is 7.55. The predicted molar refractivity (Wildman–Crippen MR) is 88.2 cm³/mol. The third kappa shape index (κ3) is 4.96. The van der Waals surface area contributed by atoms with Crippen LogP contribution in [-0.4, -0.2) is 16.8 Å². The number of carbonyl (C=O) groups excluding carboxylic acids is 2. The molecule has 2 N–H and O–H groups in total. The molecule has 2 amide bonds. The van der Waals surface area contributed by atoms with E-state index in [9.17, 15) is 9.59 Å². The van der Waals surface area contributed by atoms with E-state index in [1.165, 1.54) is 0 Å². The molecule has 0 saturated heterocycles. The van der Waals surface area contributed by atoms with Gasteiger partial charge in [-0.05, 0) is 48.4 Å². The van der Waals surface area contributed by atoms with Gasteiger partial charge in [-0.15, -0.1) is 0 Å². The Morgan fingerprint density at radius 1 is 1.14 bits per heavy atom. The van der Waals surface area contributed by atoms with Crippen molar-refractivity contribution in [1.29, 1.82) is 0 Å². The molecule has 1 heterocycles. The largest absolute Gasteiger partial charge is 0.352 e. The number of benzene rings is 1. The fourth-order valence-electron chi connectivity index (χ4n) is 1.84. The molecule has 0 fully saturated rings. The van der Waals surface area contributed by atoms with E-state index in [2.05, 4.69) is 31.5 Å². The number of rotatable bonds is 5. The first kappa shape index (κ1) is 16.2. The SMILES string of the molecule is Cc1cc(NC(=O)CC(=O)NCc2ccncc2)ccc1Br. The zero-order valence-corrected chi connectivity index (χ0v) is 13.7. The molecule has 0 aliphatic heterocycles. The number of hydrogen-bond donors (Lipinski definition) is 2. The highest BCUT2D eigenvalue weighted by atomic mass is 79.9. The average Bonchev–Trinajstić information content (AvgIpc) is 2.50. The van der Waals surface area contributed by atoms with Crippen LogP contribution in [0.4, 0.5) is 5.69 Å². The molecule has 0 aliphatic rings. The molecule has 6 heteroatoms. The fourth-order valence-corrected chi connectivity index (χ4v) is 2.08. The van der Waals surface area contributed by atoms with Crippen LogP contribution in [0.25, 0.3) is 0 Å². The number of halogens is 1. The zero-order chi connectivity index (χ0) is 15.9. The molecule has 114 valence electrons. The third-order valence-electron chi connectivity index (χ3n) is 3.00. The lowest BCUT2D eigenvalue weighted by Crippen LogP contribution is -2.27. The van der Waals surface area contributed by atoms with Crippen molar-refractivity contribution in [2.45, 2.75) is 19.9 Å². The minimum absolute atomic E-state index is 0.208. The normalized spacial score (nSPS) is 10.1. The van der Waals surface area contributed by atoms with Gasteiger partial charge in [-0.3, -0.25) is 14.6 Å². The molecule has 0 unspecified atom stereocenters. The highest BCUT2D eigenvalue weighted by molar-refractivity contribution is 9.10. The second-order valence-corrected chi connectivity index (χ2v) is 5.68. The smallest absolute Gasteiger partial charge is 0.233 e. The molecule has 1 aromatic heterocycles. The van der Waals surface area contributed by atoms with Crippen molar-refractivity contribution >= 4 is 33.4 Å². The molecular weight excluding hydrogens is 346 g/mol. The predicted octanol–water partition coefficient (Wildman–Crippen LogP) is 2.80. The van der Waals surface area contributed by atoms with E-state index in [0.29, 0.717) is 12.2 Å². The molecule has 0 spiro atoms. The molecule has 22 heavy (non-hydrogen) atoms. The van der Waals surface area contributed by atoms with E-state index in [-0.39, 0.29) is 18.2 Å². The zero-order valence-electron chi connectivity index (χ0n) is 12.1. The summed E-state index contributed by atoms with van der Waals surface area (Å²) in [7, 11) is 0. The standard InChI is InChI=1S/C16H16BrN3O2/c1-11-8-13(2-3-14(11)17)20-16(22)9-15(21)19-10-12-4-6-18-7-5-12/h2-8H,9-10H2,1H3,(H,19,21)(H,20,22). The Morgan fingerprint density at radius 3 is 2.55 bits per heavy atom. The number of hydrogen-bond acceptors (Lipinski definition) is 3. The highest BCUT2D eigenvalue weighted by Crippen LogP contribution is 2.20. The van der Waals surface area contributed by atoms with Crippen LogP contribution in [0, 0.1) is 6.92 Å². The molecule has 0 atom stereocenters. The second kappa shape index (κ2) is 7.70. The first-order valence-electron chi connectivity index (χ1n) is 6.76. The van der Waals surface area contributed by atoms with Gasteiger partial charge in [-0.1, -0.05) is 15.9 Å². The molecule has 0 bridgehead atoms. The van der Waals surface area contributed by atoms with Gasteiger partial charge in [-0.2, -0.15) is 0 Å². The molecule has 5 nitrogen and oxygen atoms in total. The summed E-state index contributed by atoms with van der Waals surface area (Å²) in [4.78, 5) is 27.5. The number of aromatic nitrogens is 1. The Labute approximate surface area is 137 Å². The van der Waals surface area contributed by atoms with E-state index < -0.39 is 0 Å². The lowest BCUT2D eigenvalue weighted by Gasteiger charge is -2.08. The van der Waals surface area contributed by atoms with E-state index in [1.807, 2.05) is 31.2 Å². The summed E-state index contributed by atoms with van der Waals surface area (Å²) in [5.74, 6) is -0.655. The van der Waals surface area contributed by atoms with E-state index in [4.69, 9.17) is 0 Å². The summed E-state index contributed by atoms with van der Waals surface area (Å²) in [6.45, 7) is 2.31.